The van der Waals surface area contributed by atoms with E-state index in [1.54, 1.807) is 27.4 Å². The van der Waals surface area contributed by atoms with Gasteiger partial charge in [0.05, 0.1) is 27.9 Å². The van der Waals surface area contributed by atoms with Crippen molar-refractivity contribution in [1.82, 2.24) is 0 Å². The number of fused-ring (bicyclic) bond motifs is 3. The van der Waals surface area contributed by atoms with E-state index in [-0.39, 0.29) is 24.6 Å². The fraction of sp³-hybridized carbons (Fsp3) is 0.318. The van der Waals surface area contributed by atoms with Crippen LogP contribution in [0.4, 0.5) is 0 Å². The summed E-state index contributed by atoms with van der Waals surface area (Å²) in [6.07, 6.45) is 1.85. The summed E-state index contributed by atoms with van der Waals surface area (Å²) in [5.74, 6) is 2.51. The van der Waals surface area contributed by atoms with Crippen molar-refractivity contribution < 1.29 is 33.2 Å². The molecule has 0 amide bonds. The van der Waals surface area contributed by atoms with Gasteiger partial charge in [0.25, 0.3) is 0 Å². The van der Waals surface area contributed by atoms with Crippen LogP contribution in [0.25, 0.3) is 6.08 Å². The quantitative estimate of drug-likeness (QED) is 0.735. The van der Waals surface area contributed by atoms with Crippen molar-refractivity contribution in [1.29, 1.82) is 0 Å². The Morgan fingerprint density at radius 1 is 0.931 bits per heavy atom. The summed E-state index contributed by atoms with van der Waals surface area (Å²) in [6, 6.07) is 7.59. The van der Waals surface area contributed by atoms with Gasteiger partial charge in [0, 0.05) is 34.6 Å². The number of cyclic esters (lactones) is 1. The molecule has 150 valence electrons. The third kappa shape index (κ3) is 2.53. The summed E-state index contributed by atoms with van der Waals surface area (Å²) >= 11 is 0. The lowest BCUT2D eigenvalue weighted by Crippen LogP contribution is -2.22. The van der Waals surface area contributed by atoms with Crippen LogP contribution in [0.3, 0.4) is 0 Å². The molecule has 0 spiro atoms. The molecule has 7 nitrogen and oxygen atoms in total. The third-order valence-electron chi connectivity index (χ3n) is 5.73. The van der Waals surface area contributed by atoms with Crippen LogP contribution in [0.2, 0.25) is 0 Å². The molecule has 7 heteroatoms. The predicted octanol–water partition coefficient (Wildman–Crippen LogP) is 3.14. The molecule has 1 fully saturated rings. The molecular formula is C22H20O7. The minimum atomic E-state index is -0.303. The minimum absolute atomic E-state index is 0.152. The van der Waals surface area contributed by atoms with Crippen LogP contribution in [-0.2, 0) is 9.53 Å². The molecule has 0 aromatic heterocycles. The second-order valence-corrected chi connectivity index (χ2v) is 7.04. The standard InChI is InChI=1S/C22H20O7/c1-24-16-8-18(25-2)21(26-3)20-13(16)7-12-14(9-27-22(12)23)19(20)11-4-5-15-17(6-11)29-10-28-15/h4-8,14,19H,9-10H2,1-3H3. The Kier molecular flexibility index (Phi) is 4.04. The molecule has 0 saturated carbocycles. The zero-order valence-electron chi connectivity index (χ0n) is 16.3. The van der Waals surface area contributed by atoms with Gasteiger partial charge >= 0.3 is 5.97 Å². The number of benzene rings is 2. The molecule has 2 unspecified atom stereocenters. The molecule has 0 N–H and O–H groups in total. The highest BCUT2D eigenvalue weighted by molar-refractivity contribution is 5.99. The summed E-state index contributed by atoms with van der Waals surface area (Å²) < 4.78 is 33.4. The number of carbonyl (C=O) groups excluding carboxylic acids is 1. The molecule has 1 aliphatic carbocycles. The number of hydrogen-bond donors (Lipinski definition) is 0. The van der Waals surface area contributed by atoms with Gasteiger partial charge in [0.1, 0.15) is 5.75 Å². The Hall–Kier alpha value is -3.35. The summed E-state index contributed by atoms with van der Waals surface area (Å²) in [6.45, 7) is 0.493. The van der Waals surface area contributed by atoms with Crippen LogP contribution in [-0.4, -0.2) is 40.7 Å². The van der Waals surface area contributed by atoms with Crippen LogP contribution >= 0.6 is 0 Å². The first kappa shape index (κ1) is 17.7. The first-order chi connectivity index (χ1) is 14.2. The van der Waals surface area contributed by atoms with E-state index < -0.39 is 0 Å². The number of methoxy groups -OCH3 is 3. The second kappa shape index (κ2) is 6.62. The third-order valence-corrected chi connectivity index (χ3v) is 5.73. The summed E-state index contributed by atoms with van der Waals surface area (Å²) in [5.41, 5.74) is 3.29. The molecule has 3 aliphatic rings. The first-order valence-corrected chi connectivity index (χ1v) is 9.27. The maximum absolute atomic E-state index is 12.4. The number of rotatable bonds is 4. The van der Waals surface area contributed by atoms with Gasteiger partial charge in [-0.25, -0.2) is 4.79 Å². The number of esters is 1. The molecule has 5 rings (SSSR count). The van der Waals surface area contributed by atoms with E-state index in [0.29, 0.717) is 40.9 Å². The lowest BCUT2D eigenvalue weighted by molar-refractivity contribution is -0.135. The van der Waals surface area contributed by atoms with Crippen LogP contribution in [0, 0.1) is 5.92 Å². The smallest absolute Gasteiger partial charge is 0.334 e. The van der Waals surface area contributed by atoms with Crippen LogP contribution < -0.4 is 23.7 Å². The van der Waals surface area contributed by atoms with E-state index in [4.69, 9.17) is 28.4 Å². The number of carbonyl (C=O) groups is 1. The van der Waals surface area contributed by atoms with Crippen molar-refractivity contribution in [2.24, 2.45) is 5.92 Å². The zero-order chi connectivity index (χ0) is 20.1. The molecule has 0 bridgehead atoms. The van der Waals surface area contributed by atoms with Crippen LogP contribution in [0.5, 0.6) is 28.7 Å². The van der Waals surface area contributed by atoms with Gasteiger partial charge in [-0.1, -0.05) is 6.07 Å². The molecule has 1 saturated heterocycles. The Bertz CT molecular complexity index is 1040. The molecule has 0 radical (unpaired) electrons. The van der Waals surface area contributed by atoms with Gasteiger partial charge in [-0.05, 0) is 23.8 Å². The Balaban J connectivity index is 1.79. The van der Waals surface area contributed by atoms with Crippen molar-refractivity contribution in [2.45, 2.75) is 5.92 Å². The number of hydrogen-bond acceptors (Lipinski definition) is 7. The average molecular weight is 396 g/mol. The van der Waals surface area contributed by atoms with Crippen molar-refractivity contribution in [2.75, 3.05) is 34.7 Å². The zero-order valence-corrected chi connectivity index (χ0v) is 16.3. The first-order valence-electron chi connectivity index (χ1n) is 9.27. The molecule has 2 atom stereocenters. The fourth-order valence-corrected chi connectivity index (χ4v) is 4.43. The van der Waals surface area contributed by atoms with Crippen molar-refractivity contribution in [3.63, 3.8) is 0 Å². The Labute approximate surface area is 167 Å². The van der Waals surface area contributed by atoms with E-state index in [1.807, 2.05) is 24.3 Å². The highest BCUT2D eigenvalue weighted by Crippen LogP contribution is 2.54. The van der Waals surface area contributed by atoms with Crippen LogP contribution in [0.1, 0.15) is 22.6 Å². The van der Waals surface area contributed by atoms with Gasteiger partial charge in [-0.3, -0.25) is 0 Å². The predicted molar refractivity (Wildman–Crippen MR) is 103 cm³/mol. The van der Waals surface area contributed by atoms with Gasteiger partial charge in [0.2, 0.25) is 6.79 Å². The molecular weight excluding hydrogens is 376 g/mol. The van der Waals surface area contributed by atoms with Gasteiger partial charge in [0.15, 0.2) is 23.0 Å². The maximum Gasteiger partial charge on any atom is 0.334 e. The van der Waals surface area contributed by atoms with E-state index in [0.717, 1.165) is 16.7 Å². The monoisotopic (exact) mass is 396 g/mol. The van der Waals surface area contributed by atoms with E-state index in [2.05, 4.69) is 0 Å². The Morgan fingerprint density at radius 2 is 1.72 bits per heavy atom. The number of ether oxygens (including phenoxy) is 6. The average Bonchev–Trinajstić information content (AvgIpc) is 3.37. The van der Waals surface area contributed by atoms with Crippen molar-refractivity contribution >= 4 is 12.0 Å². The highest BCUT2D eigenvalue weighted by Gasteiger charge is 2.44. The SMILES string of the molecule is COc1cc(OC)c(OC)c2c1C=C1C(=O)OCC1C2c1ccc2c(c1)OCO2. The molecule has 2 aromatic carbocycles. The van der Waals surface area contributed by atoms with Gasteiger partial charge < -0.3 is 28.4 Å². The minimum Gasteiger partial charge on any atom is -0.496 e. The van der Waals surface area contributed by atoms with E-state index in [9.17, 15) is 4.79 Å². The van der Waals surface area contributed by atoms with Crippen molar-refractivity contribution in [3.05, 3.63) is 46.5 Å². The topological polar surface area (TPSA) is 72.5 Å². The molecule has 2 aliphatic heterocycles. The second-order valence-electron chi connectivity index (χ2n) is 7.04. The van der Waals surface area contributed by atoms with E-state index >= 15 is 0 Å². The van der Waals surface area contributed by atoms with E-state index in [1.165, 1.54) is 0 Å². The lowest BCUT2D eigenvalue weighted by Gasteiger charge is -2.32. The lowest BCUT2D eigenvalue weighted by atomic mass is 9.72. The van der Waals surface area contributed by atoms with Gasteiger partial charge in [-0.15, -0.1) is 0 Å². The summed E-state index contributed by atoms with van der Waals surface area (Å²) in [4.78, 5) is 12.4. The van der Waals surface area contributed by atoms with Gasteiger partial charge in [-0.2, -0.15) is 0 Å². The van der Waals surface area contributed by atoms with Crippen LogP contribution in [0.15, 0.2) is 29.8 Å². The largest absolute Gasteiger partial charge is 0.496 e. The highest BCUT2D eigenvalue weighted by atomic mass is 16.7. The summed E-state index contributed by atoms with van der Waals surface area (Å²) in [5, 5.41) is 0. The molecule has 2 aromatic rings. The fourth-order valence-electron chi connectivity index (χ4n) is 4.43. The molecule has 29 heavy (non-hydrogen) atoms. The maximum atomic E-state index is 12.4. The normalized spacial score (nSPS) is 21.1. The summed E-state index contributed by atoms with van der Waals surface area (Å²) in [7, 11) is 4.79. The Morgan fingerprint density at radius 3 is 2.48 bits per heavy atom. The molecule has 2 heterocycles. The van der Waals surface area contributed by atoms with Crippen molar-refractivity contribution in [3.8, 4) is 28.7 Å².